The van der Waals surface area contributed by atoms with Crippen LogP contribution in [0, 0.1) is 0 Å². The van der Waals surface area contributed by atoms with Crippen molar-refractivity contribution in [2.75, 3.05) is 11.9 Å². The van der Waals surface area contributed by atoms with Crippen molar-refractivity contribution in [3.8, 4) is 6.01 Å². The van der Waals surface area contributed by atoms with Gasteiger partial charge in [0.25, 0.3) is 0 Å². The molecule has 1 aromatic heterocycles. The van der Waals surface area contributed by atoms with Gasteiger partial charge in [0.1, 0.15) is 5.60 Å². The normalized spacial score (nSPS) is 11.3. The van der Waals surface area contributed by atoms with Gasteiger partial charge in [-0.2, -0.15) is 15.0 Å². The zero-order valence-corrected chi connectivity index (χ0v) is 10.1. The van der Waals surface area contributed by atoms with Crippen LogP contribution in [0.15, 0.2) is 0 Å². The molecule has 0 amide bonds. The van der Waals surface area contributed by atoms with E-state index in [0.717, 1.165) is 6.54 Å². The Labute approximate surface area is 94.2 Å². The molecule has 0 aliphatic rings. The Morgan fingerprint density at radius 3 is 2.47 bits per heavy atom. The Bertz CT molecular complexity index is 337. The van der Waals surface area contributed by atoms with Crippen LogP contribution in [0.5, 0.6) is 6.01 Å². The molecule has 0 aliphatic carbocycles. The molecule has 0 bridgehead atoms. The van der Waals surface area contributed by atoms with Crippen molar-refractivity contribution < 1.29 is 4.74 Å². The van der Waals surface area contributed by atoms with Crippen LogP contribution in [-0.2, 0) is 0 Å². The van der Waals surface area contributed by atoms with E-state index >= 15 is 0 Å². The van der Waals surface area contributed by atoms with Crippen molar-refractivity contribution in [2.24, 2.45) is 0 Å². The Morgan fingerprint density at radius 2 is 1.93 bits per heavy atom. The molecule has 1 aromatic rings. The van der Waals surface area contributed by atoms with E-state index in [1.807, 2.05) is 27.7 Å². The van der Waals surface area contributed by atoms with Gasteiger partial charge >= 0.3 is 6.01 Å². The standard InChI is InChI=1S/C9H15ClN4O/c1-5-11-7-12-6(10)13-8(14-7)15-9(2,3)4/h5H2,1-4H3,(H,11,12,13,14). The van der Waals surface area contributed by atoms with Gasteiger partial charge in [0.15, 0.2) is 0 Å². The third-order valence-corrected chi connectivity index (χ3v) is 1.49. The first-order chi connectivity index (χ1) is 6.90. The Balaban J connectivity index is 2.88. The summed E-state index contributed by atoms with van der Waals surface area (Å²) in [6.07, 6.45) is 0. The second-order valence-corrected chi connectivity index (χ2v) is 4.29. The zero-order valence-electron chi connectivity index (χ0n) is 9.33. The molecule has 0 saturated carbocycles. The number of anilines is 1. The number of hydrogen-bond acceptors (Lipinski definition) is 5. The van der Waals surface area contributed by atoms with Gasteiger partial charge in [0, 0.05) is 6.54 Å². The summed E-state index contributed by atoms with van der Waals surface area (Å²) in [4.78, 5) is 11.9. The number of ether oxygens (including phenoxy) is 1. The number of halogens is 1. The van der Waals surface area contributed by atoms with E-state index in [-0.39, 0.29) is 16.9 Å². The monoisotopic (exact) mass is 230 g/mol. The third-order valence-electron chi connectivity index (χ3n) is 1.32. The molecule has 6 heteroatoms. The highest BCUT2D eigenvalue weighted by Gasteiger charge is 2.15. The summed E-state index contributed by atoms with van der Waals surface area (Å²) in [5, 5.41) is 3.07. The number of hydrogen-bond donors (Lipinski definition) is 1. The summed E-state index contributed by atoms with van der Waals surface area (Å²) in [5.41, 5.74) is -0.353. The van der Waals surface area contributed by atoms with E-state index in [2.05, 4.69) is 20.3 Å². The van der Waals surface area contributed by atoms with E-state index in [4.69, 9.17) is 16.3 Å². The quantitative estimate of drug-likeness (QED) is 0.862. The molecule has 15 heavy (non-hydrogen) atoms. The number of nitrogens with zero attached hydrogens (tertiary/aromatic N) is 3. The summed E-state index contributed by atoms with van der Waals surface area (Å²) in [6, 6.07) is 0.235. The summed E-state index contributed by atoms with van der Waals surface area (Å²) in [6.45, 7) is 8.41. The fraction of sp³-hybridized carbons (Fsp3) is 0.667. The van der Waals surface area contributed by atoms with Crippen molar-refractivity contribution >= 4 is 17.5 Å². The maximum atomic E-state index is 5.73. The Morgan fingerprint density at radius 1 is 1.27 bits per heavy atom. The average Bonchev–Trinajstić information content (AvgIpc) is 1.99. The fourth-order valence-corrected chi connectivity index (χ4v) is 1.04. The lowest BCUT2D eigenvalue weighted by Crippen LogP contribution is -2.24. The lowest BCUT2D eigenvalue weighted by Gasteiger charge is -2.19. The molecule has 0 aliphatic heterocycles. The highest BCUT2D eigenvalue weighted by atomic mass is 35.5. The lowest BCUT2D eigenvalue weighted by atomic mass is 10.2. The van der Waals surface area contributed by atoms with Crippen molar-refractivity contribution in [3.05, 3.63) is 5.28 Å². The zero-order chi connectivity index (χ0) is 11.5. The lowest BCUT2D eigenvalue weighted by molar-refractivity contribution is 0.116. The van der Waals surface area contributed by atoms with E-state index in [9.17, 15) is 0 Å². The number of aromatic nitrogens is 3. The van der Waals surface area contributed by atoms with Crippen LogP contribution in [0.2, 0.25) is 5.28 Å². The number of rotatable bonds is 3. The predicted octanol–water partition coefficient (Wildman–Crippen LogP) is 2.13. The first kappa shape index (κ1) is 12.0. The molecule has 0 saturated heterocycles. The molecule has 84 valence electrons. The minimum absolute atomic E-state index is 0.125. The minimum Gasteiger partial charge on any atom is -0.458 e. The molecule has 1 heterocycles. The SMILES string of the molecule is CCNc1nc(Cl)nc(OC(C)(C)C)n1. The van der Waals surface area contributed by atoms with Crippen LogP contribution in [0.1, 0.15) is 27.7 Å². The Hall–Kier alpha value is -1.10. The molecule has 1 rings (SSSR count). The highest BCUT2D eigenvalue weighted by Crippen LogP contribution is 2.16. The van der Waals surface area contributed by atoms with Gasteiger partial charge in [-0.25, -0.2) is 0 Å². The molecule has 0 aromatic carbocycles. The molecule has 0 spiro atoms. The van der Waals surface area contributed by atoms with Gasteiger partial charge in [-0.3, -0.25) is 0 Å². The molecule has 0 fully saturated rings. The second-order valence-electron chi connectivity index (χ2n) is 3.96. The van der Waals surface area contributed by atoms with Gasteiger partial charge in [-0.15, -0.1) is 0 Å². The van der Waals surface area contributed by atoms with Crippen LogP contribution >= 0.6 is 11.6 Å². The largest absolute Gasteiger partial charge is 0.458 e. The highest BCUT2D eigenvalue weighted by molar-refractivity contribution is 6.28. The smallest absolute Gasteiger partial charge is 0.323 e. The second kappa shape index (κ2) is 4.61. The Kier molecular flexibility index (Phi) is 3.68. The molecular weight excluding hydrogens is 216 g/mol. The van der Waals surface area contributed by atoms with E-state index < -0.39 is 0 Å². The van der Waals surface area contributed by atoms with Crippen LogP contribution < -0.4 is 10.1 Å². The molecular formula is C9H15ClN4O. The molecule has 0 radical (unpaired) electrons. The predicted molar refractivity (Wildman–Crippen MR) is 59.4 cm³/mol. The summed E-state index contributed by atoms with van der Waals surface area (Å²) < 4.78 is 5.48. The molecule has 0 atom stereocenters. The van der Waals surface area contributed by atoms with Crippen molar-refractivity contribution in [1.82, 2.24) is 15.0 Å². The number of nitrogens with one attached hydrogen (secondary N) is 1. The first-order valence-electron chi connectivity index (χ1n) is 4.75. The van der Waals surface area contributed by atoms with Gasteiger partial charge in [-0.1, -0.05) is 0 Å². The minimum atomic E-state index is -0.353. The van der Waals surface area contributed by atoms with E-state index in [1.165, 1.54) is 0 Å². The van der Waals surface area contributed by atoms with Crippen molar-refractivity contribution in [1.29, 1.82) is 0 Å². The average molecular weight is 231 g/mol. The topological polar surface area (TPSA) is 59.9 Å². The first-order valence-corrected chi connectivity index (χ1v) is 5.13. The van der Waals surface area contributed by atoms with Crippen LogP contribution in [0.3, 0.4) is 0 Å². The van der Waals surface area contributed by atoms with Gasteiger partial charge < -0.3 is 10.1 Å². The molecule has 1 N–H and O–H groups in total. The third kappa shape index (κ3) is 4.29. The molecule has 5 nitrogen and oxygen atoms in total. The summed E-state index contributed by atoms with van der Waals surface area (Å²) >= 11 is 5.73. The maximum absolute atomic E-state index is 5.73. The van der Waals surface area contributed by atoms with Gasteiger partial charge in [0.05, 0.1) is 0 Å². The van der Waals surface area contributed by atoms with Crippen LogP contribution in [-0.4, -0.2) is 27.1 Å². The summed E-state index contributed by atoms with van der Waals surface area (Å²) in [5.74, 6) is 0.428. The molecule has 0 unspecified atom stereocenters. The van der Waals surface area contributed by atoms with Crippen molar-refractivity contribution in [2.45, 2.75) is 33.3 Å². The van der Waals surface area contributed by atoms with Gasteiger partial charge in [-0.05, 0) is 39.3 Å². The maximum Gasteiger partial charge on any atom is 0.323 e. The summed E-state index contributed by atoms with van der Waals surface area (Å²) in [7, 11) is 0. The fourth-order valence-electron chi connectivity index (χ4n) is 0.889. The van der Waals surface area contributed by atoms with Crippen molar-refractivity contribution in [3.63, 3.8) is 0 Å². The van der Waals surface area contributed by atoms with Crippen LogP contribution in [0.25, 0.3) is 0 Å². The van der Waals surface area contributed by atoms with Gasteiger partial charge in [0.2, 0.25) is 11.2 Å². The van der Waals surface area contributed by atoms with E-state index in [1.54, 1.807) is 0 Å². The van der Waals surface area contributed by atoms with E-state index in [0.29, 0.717) is 5.95 Å². The van der Waals surface area contributed by atoms with Crippen LogP contribution in [0.4, 0.5) is 5.95 Å².